The molecule has 4 aromatic rings. The minimum absolute atomic E-state index is 0.0866. The van der Waals surface area contributed by atoms with Gasteiger partial charge in [-0.2, -0.15) is 0 Å². The van der Waals surface area contributed by atoms with Crippen LogP contribution in [-0.2, 0) is 11.3 Å². The van der Waals surface area contributed by atoms with Gasteiger partial charge < -0.3 is 9.64 Å². The van der Waals surface area contributed by atoms with Gasteiger partial charge in [0.2, 0.25) is 0 Å². The van der Waals surface area contributed by atoms with E-state index in [1.54, 1.807) is 0 Å². The lowest BCUT2D eigenvalue weighted by Gasteiger charge is -2.32. The number of imidazole rings is 1. The number of para-hydroxylation sites is 2. The molecule has 5 heteroatoms. The molecule has 1 aromatic heterocycles. The van der Waals surface area contributed by atoms with Crippen molar-refractivity contribution in [1.29, 1.82) is 0 Å². The molecule has 0 aliphatic carbocycles. The van der Waals surface area contributed by atoms with Gasteiger partial charge in [-0.1, -0.05) is 42.5 Å². The van der Waals surface area contributed by atoms with E-state index in [0.29, 0.717) is 6.61 Å². The fraction of sp³-hybridized carbons (Fsp3) is 0.231. The Morgan fingerprint density at radius 3 is 2.39 bits per heavy atom. The molecule has 1 aliphatic heterocycles. The maximum Gasteiger partial charge on any atom is 0.253 e. The van der Waals surface area contributed by atoms with Gasteiger partial charge in [0.15, 0.2) is 0 Å². The summed E-state index contributed by atoms with van der Waals surface area (Å²) in [7, 11) is 0. The number of piperidine rings is 1. The predicted octanol–water partition coefficient (Wildman–Crippen LogP) is 4.85. The Bertz CT molecular complexity index is 1160. The number of benzene rings is 3. The summed E-state index contributed by atoms with van der Waals surface area (Å²) in [6.45, 7) is 2.09. The van der Waals surface area contributed by atoms with E-state index in [1.165, 1.54) is 5.56 Å². The molecule has 0 atom stereocenters. The maximum atomic E-state index is 13.0. The lowest BCUT2D eigenvalue weighted by molar-refractivity contribution is -0.000379. The van der Waals surface area contributed by atoms with Crippen LogP contribution in [0.2, 0.25) is 0 Å². The molecule has 5 nitrogen and oxygen atoms in total. The fourth-order valence-corrected chi connectivity index (χ4v) is 4.13. The zero-order chi connectivity index (χ0) is 21.0. The predicted molar refractivity (Wildman–Crippen MR) is 121 cm³/mol. The van der Waals surface area contributed by atoms with Gasteiger partial charge >= 0.3 is 0 Å². The van der Waals surface area contributed by atoms with E-state index in [2.05, 4.69) is 17.1 Å². The highest BCUT2D eigenvalue weighted by Crippen LogP contribution is 2.21. The molecule has 0 spiro atoms. The van der Waals surface area contributed by atoms with Crippen molar-refractivity contribution in [2.75, 3.05) is 13.1 Å². The smallest absolute Gasteiger partial charge is 0.253 e. The van der Waals surface area contributed by atoms with Crippen LogP contribution >= 0.6 is 0 Å². The second kappa shape index (κ2) is 8.74. The van der Waals surface area contributed by atoms with Crippen LogP contribution in [0, 0.1) is 0 Å². The molecule has 1 fully saturated rings. The normalized spacial score (nSPS) is 14.8. The Morgan fingerprint density at radius 1 is 0.903 bits per heavy atom. The number of likely N-dealkylation sites (tertiary alicyclic amines) is 1. The maximum absolute atomic E-state index is 13.0. The number of aromatic nitrogens is 2. The molecule has 3 aromatic carbocycles. The van der Waals surface area contributed by atoms with Gasteiger partial charge in [0, 0.05) is 24.3 Å². The van der Waals surface area contributed by atoms with E-state index in [1.807, 2.05) is 82.5 Å². The third-order valence-corrected chi connectivity index (χ3v) is 5.90. The van der Waals surface area contributed by atoms with Crippen LogP contribution in [0.25, 0.3) is 16.7 Å². The number of ether oxygens (including phenoxy) is 1. The monoisotopic (exact) mass is 411 g/mol. The first-order valence-electron chi connectivity index (χ1n) is 10.8. The van der Waals surface area contributed by atoms with E-state index in [4.69, 9.17) is 4.74 Å². The summed E-state index contributed by atoms with van der Waals surface area (Å²) in [6.07, 6.45) is 3.78. The third-order valence-electron chi connectivity index (χ3n) is 5.90. The Hall–Kier alpha value is -3.44. The fourth-order valence-electron chi connectivity index (χ4n) is 4.13. The van der Waals surface area contributed by atoms with Crippen molar-refractivity contribution in [1.82, 2.24) is 14.5 Å². The van der Waals surface area contributed by atoms with Crippen molar-refractivity contribution in [2.45, 2.75) is 25.6 Å². The second-order valence-electron chi connectivity index (χ2n) is 7.94. The highest BCUT2D eigenvalue weighted by atomic mass is 16.5. The van der Waals surface area contributed by atoms with E-state index in [9.17, 15) is 4.79 Å². The van der Waals surface area contributed by atoms with E-state index < -0.39 is 0 Å². The molecule has 0 radical (unpaired) electrons. The summed E-state index contributed by atoms with van der Waals surface area (Å²) in [5.74, 6) is 0.0866. The third kappa shape index (κ3) is 4.23. The molecule has 1 amide bonds. The number of fused-ring (bicyclic) bond motifs is 1. The Labute approximate surface area is 181 Å². The van der Waals surface area contributed by atoms with E-state index in [0.717, 1.165) is 48.2 Å². The first-order valence-corrected chi connectivity index (χ1v) is 10.8. The molecule has 156 valence electrons. The van der Waals surface area contributed by atoms with Crippen molar-refractivity contribution in [3.63, 3.8) is 0 Å². The van der Waals surface area contributed by atoms with Gasteiger partial charge in [-0.25, -0.2) is 4.98 Å². The summed E-state index contributed by atoms with van der Waals surface area (Å²) < 4.78 is 8.09. The average Bonchev–Trinajstić information content (AvgIpc) is 3.28. The number of hydrogen-bond donors (Lipinski definition) is 0. The summed E-state index contributed by atoms with van der Waals surface area (Å²) in [6, 6.07) is 26.0. The van der Waals surface area contributed by atoms with Crippen LogP contribution < -0.4 is 0 Å². The van der Waals surface area contributed by atoms with Crippen molar-refractivity contribution in [3.8, 4) is 5.69 Å². The molecule has 0 saturated carbocycles. The van der Waals surface area contributed by atoms with Crippen molar-refractivity contribution in [3.05, 3.63) is 96.3 Å². The van der Waals surface area contributed by atoms with Crippen molar-refractivity contribution < 1.29 is 9.53 Å². The highest BCUT2D eigenvalue weighted by Gasteiger charge is 2.24. The minimum atomic E-state index is 0.0866. The molecule has 5 rings (SSSR count). The molecule has 0 bridgehead atoms. The standard InChI is InChI=1S/C26H25N3O2/c30-26(28-16-14-23(15-17-28)31-18-20-6-2-1-3-7-20)21-10-12-22(13-11-21)29-19-27-24-8-4-5-9-25(24)29/h1-13,19,23H,14-18H2. The Balaban J connectivity index is 1.19. The molecule has 0 N–H and O–H groups in total. The van der Waals surface area contributed by atoms with Gasteiger partial charge in [0.25, 0.3) is 5.91 Å². The zero-order valence-electron chi connectivity index (χ0n) is 17.4. The molecule has 2 heterocycles. The quantitative estimate of drug-likeness (QED) is 0.472. The first-order chi connectivity index (χ1) is 15.3. The zero-order valence-corrected chi connectivity index (χ0v) is 17.4. The van der Waals surface area contributed by atoms with Crippen LogP contribution in [0.15, 0.2) is 85.2 Å². The lowest BCUT2D eigenvalue weighted by atomic mass is 10.1. The second-order valence-corrected chi connectivity index (χ2v) is 7.94. The Kier molecular flexibility index (Phi) is 5.50. The summed E-state index contributed by atoms with van der Waals surface area (Å²) in [5.41, 5.74) is 4.92. The van der Waals surface area contributed by atoms with Crippen LogP contribution in [0.5, 0.6) is 0 Å². The van der Waals surface area contributed by atoms with Crippen LogP contribution in [0.3, 0.4) is 0 Å². The first kappa shape index (κ1) is 19.5. The number of nitrogens with zero attached hydrogens (tertiary/aromatic N) is 3. The molecule has 31 heavy (non-hydrogen) atoms. The van der Waals surface area contributed by atoms with Gasteiger partial charge in [-0.3, -0.25) is 9.36 Å². The van der Waals surface area contributed by atoms with Crippen molar-refractivity contribution >= 4 is 16.9 Å². The highest BCUT2D eigenvalue weighted by molar-refractivity contribution is 5.94. The summed E-state index contributed by atoms with van der Waals surface area (Å²) in [5, 5.41) is 0. The van der Waals surface area contributed by atoms with Crippen LogP contribution in [0.1, 0.15) is 28.8 Å². The average molecular weight is 412 g/mol. The van der Waals surface area contributed by atoms with E-state index >= 15 is 0 Å². The Morgan fingerprint density at radius 2 is 1.61 bits per heavy atom. The van der Waals surface area contributed by atoms with Crippen molar-refractivity contribution in [2.24, 2.45) is 0 Å². The van der Waals surface area contributed by atoms with Crippen LogP contribution in [0.4, 0.5) is 0 Å². The molecule has 1 saturated heterocycles. The van der Waals surface area contributed by atoms with Gasteiger partial charge in [0.1, 0.15) is 6.33 Å². The number of amides is 1. The largest absolute Gasteiger partial charge is 0.373 e. The molecule has 0 unspecified atom stereocenters. The van der Waals surface area contributed by atoms with E-state index in [-0.39, 0.29) is 12.0 Å². The van der Waals surface area contributed by atoms with Gasteiger partial charge in [-0.15, -0.1) is 0 Å². The lowest BCUT2D eigenvalue weighted by Crippen LogP contribution is -2.40. The SMILES string of the molecule is O=C(c1ccc(-n2cnc3ccccc32)cc1)N1CCC(OCc2ccccc2)CC1. The van der Waals surface area contributed by atoms with Crippen LogP contribution in [-0.4, -0.2) is 39.6 Å². The van der Waals surface area contributed by atoms with Gasteiger partial charge in [0.05, 0.1) is 23.7 Å². The molecular formula is C26H25N3O2. The number of carbonyl (C=O) groups is 1. The summed E-state index contributed by atoms with van der Waals surface area (Å²) >= 11 is 0. The molecule has 1 aliphatic rings. The number of carbonyl (C=O) groups excluding carboxylic acids is 1. The molecular weight excluding hydrogens is 386 g/mol. The minimum Gasteiger partial charge on any atom is -0.373 e. The number of rotatable bonds is 5. The topological polar surface area (TPSA) is 47.4 Å². The summed E-state index contributed by atoms with van der Waals surface area (Å²) in [4.78, 5) is 19.3. The number of hydrogen-bond acceptors (Lipinski definition) is 3. The van der Waals surface area contributed by atoms with Gasteiger partial charge in [-0.05, 0) is 54.8 Å².